The Morgan fingerprint density at radius 3 is 1.95 bits per heavy atom. The molecule has 1 atom stereocenters. The third-order valence-corrected chi connectivity index (χ3v) is 3.70. The SMILES string of the molecule is CC(=O)CC(=O)OCCOC(=O)C(C)(CC(C)C)[N+](C)(C)C. The van der Waals surface area contributed by atoms with Gasteiger partial charge in [-0.25, -0.2) is 4.79 Å². The molecule has 22 heavy (non-hydrogen) atoms. The van der Waals surface area contributed by atoms with Crippen LogP contribution >= 0.6 is 0 Å². The molecule has 0 saturated heterocycles. The number of quaternary nitrogens is 1. The summed E-state index contributed by atoms with van der Waals surface area (Å²) in [5.41, 5.74) is -0.669. The Morgan fingerprint density at radius 1 is 1.05 bits per heavy atom. The van der Waals surface area contributed by atoms with E-state index in [1.165, 1.54) is 6.92 Å². The first-order valence-electron chi connectivity index (χ1n) is 7.54. The largest absolute Gasteiger partial charge is 0.462 e. The molecule has 0 fully saturated rings. The number of nitrogens with zero attached hydrogens (tertiary/aromatic N) is 1. The zero-order chi connectivity index (χ0) is 17.6. The quantitative estimate of drug-likeness (QED) is 0.279. The van der Waals surface area contributed by atoms with Crippen LogP contribution in [0.3, 0.4) is 0 Å². The lowest BCUT2D eigenvalue weighted by molar-refractivity contribution is -0.912. The van der Waals surface area contributed by atoms with E-state index in [-0.39, 0.29) is 31.4 Å². The van der Waals surface area contributed by atoms with Crippen LogP contribution in [0, 0.1) is 5.92 Å². The molecule has 0 saturated carbocycles. The van der Waals surface area contributed by atoms with Crippen LogP contribution in [0.2, 0.25) is 0 Å². The van der Waals surface area contributed by atoms with Gasteiger partial charge in [-0.3, -0.25) is 9.59 Å². The summed E-state index contributed by atoms with van der Waals surface area (Å²) < 4.78 is 10.6. The maximum absolute atomic E-state index is 12.4. The Labute approximate surface area is 133 Å². The molecule has 6 nitrogen and oxygen atoms in total. The van der Waals surface area contributed by atoms with Crippen molar-refractivity contribution in [2.75, 3.05) is 34.4 Å². The highest BCUT2D eigenvalue weighted by molar-refractivity contribution is 5.94. The first-order valence-corrected chi connectivity index (χ1v) is 7.54. The molecule has 0 spiro atoms. The van der Waals surface area contributed by atoms with Gasteiger partial charge in [0.25, 0.3) is 0 Å². The Balaban J connectivity index is 4.49. The second-order valence-corrected chi connectivity index (χ2v) is 7.12. The number of esters is 2. The molecule has 0 amide bonds. The number of rotatable bonds is 9. The number of ether oxygens (including phenoxy) is 2. The van der Waals surface area contributed by atoms with E-state index >= 15 is 0 Å². The average Bonchev–Trinajstić information content (AvgIpc) is 2.30. The maximum atomic E-state index is 12.4. The van der Waals surface area contributed by atoms with E-state index in [1.54, 1.807) is 0 Å². The molecule has 0 N–H and O–H groups in total. The van der Waals surface area contributed by atoms with Crippen LogP contribution in [-0.2, 0) is 23.9 Å². The normalized spacial score (nSPS) is 14.4. The molecule has 128 valence electrons. The third kappa shape index (κ3) is 6.56. The van der Waals surface area contributed by atoms with Gasteiger partial charge in [-0.15, -0.1) is 0 Å². The van der Waals surface area contributed by atoms with E-state index in [9.17, 15) is 14.4 Å². The molecule has 0 aromatic carbocycles. The van der Waals surface area contributed by atoms with Crippen LogP contribution in [0.4, 0.5) is 0 Å². The number of carbonyl (C=O) groups excluding carboxylic acids is 3. The predicted octanol–water partition coefficient (Wildman–Crippen LogP) is 1.56. The van der Waals surface area contributed by atoms with Gasteiger partial charge in [-0.1, -0.05) is 13.8 Å². The molecule has 0 rings (SSSR count). The first-order chi connectivity index (χ1) is 9.90. The molecule has 6 heteroatoms. The topological polar surface area (TPSA) is 69.7 Å². The van der Waals surface area contributed by atoms with Gasteiger partial charge in [0.15, 0.2) is 5.54 Å². The minimum Gasteiger partial charge on any atom is -0.462 e. The lowest BCUT2D eigenvalue weighted by atomic mass is 9.88. The summed E-state index contributed by atoms with van der Waals surface area (Å²) >= 11 is 0. The van der Waals surface area contributed by atoms with Crippen LogP contribution < -0.4 is 0 Å². The van der Waals surface area contributed by atoms with Crippen LogP contribution in [0.15, 0.2) is 0 Å². The average molecular weight is 316 g/mol. The van der Waals surface area contributed by atoms with Crippen molar-refractivity contribution in [3.05, 3.63) is 0 Å². The third-order valence-electron chi connectivity index (χ3n) is 3.70. The lowest BCUT2D eigenvalue weighted by Crippen LogP contribution is -2.61. The molecule has 0 aliphatic carbocycles. The summed E-state index contributed by atoms with van der Waals surface area (Å²) in [7, 11) is 5.86. The predicted molar refractivity (Wildman–Crippen MR) is 83.1 cm³/mol. The van der Waals surface area contributed by atoms with E-state index in [0.717, 1.165) is 0 Å². The minimum absolute atomic E-state index is 0.00381. The van der Waals surface area contributed by atoms with Gasteiger partial charge >= 0.3 is 11.9 Å². The molecule has 0 heterocycles. The molecule has 0 aromatic rings. The van der Waals surface area contributed by atoms with E-state index in [1.807, 2.05) is 28.1 Å². The molecule has 0 bridgehead atoms. The fourth-order valence-electron chi connectivity index (χ4n) is 2.13. The number of hydrogen-bond acceptors (Lipinski definition) is 5. The summed E-state index contributed by atoms with van der Waals surface area (Å²) in [6.45, 7) is 7.29. The maximum Gasteiger partial charge on any atom is 0.367 e. The minimum atomic E-state index is -0.669. The van der Waals surface area contributed by atoms with Crippen LogP contribution in [0.5, 0.6) is 0 Å². The molecule has 0 radical (unpaired) electrons. The molecule has 0 aliphatic rings. The molecular formula is C16H30NO5+. The van der Waals surface area contributed by atoms with E-state index in [4.69, 9.17) is 9.47 Å². The zero-order valence-electron chi connectivity index (χ0n) is 14.9. The summed E-state index contributed by atoms with van der Waals surface area (Å²) in [4.78, 5) is 34.4. The molecule has 0 aliphatic heterocycles. The van der Waals surface area contributed by atoms with Crippen molar-refractivity contribution in [1.82, 2.24) is 0 Å². The number of hydrogen-bond donors (Lipinski definition) is 0. The fourth-order valence-corrected chi connectivity index (χ4v) is 2.13. The summed E-state index contributed by atoms with van der Waals surface area (Å²) in [6.07, 6.45) is 0.442. The zero-order valence-corrected chi connectivity index (χ0v) is 14.9. The van der Waals surface area contributed by atoms with Crippen molar-refractivity contribution in [1.29, 1.82) is 0 Å². The van der Waals surface area contributed by atoms with Crippen LogP contribution in [-0.4, -0.2) is 62.1 Å². The highest BCUT2D eigenvalue weighted by Crippen LogP contribution is 2.28. The van der Waals surface area contributed by atoms with Gasteiger partial charge in [-0.2, -0.15) is 0 Å². The van der Waals surface area contributed by atoms with Gasteiger partial charge in [-0.05, 0) is 12.8 Å². The Hall–Kier alpha value is -1.43. The van der Waals surface area contributed by atoms with Gasteiger partial charge in [0, 0.05) is 13.3 Å². The number of likely N-dealkylation sites (N-methyl/N-ethyl adjacent to an activating group) is 1. The number of ketones is 1. The van der Waals surface area contributed by atoms with Crippen molar-refractivity contribution in [2.24, 2.45) is 5.92 Å². The van der Waals surface area contributed by atoms with Crippen molar-refractivity contribution < 1.29 is 28.3 Å². The first kappa shape index (κ1) is 20.6. The number of Topliss-reactive ketones (excluding diaryl/α,β-unsaturated/α-hetero) is 1. The van der Waals surface area contributed by atoms with Gasteiger partial charge in [0.1, 0.15) is 25.4 Å². The molecule has 1 unspecified atom stereocenters. The smallest absolute Gasteiger partial charge is 0.367 e. The fraction of sp³-hybridized carbons (Fsp3) is 0.812. The molecule has 0 aromatic heterocycles. The van der Waals surface area contributed by atoms with E-state index < -0.39 is 11.5 Å². The van der Waals surface area contributed by atoms with Crippen molar-refractivity contribution >= 4 is 17.7 Å². The van der Waals surface area contributed by atoms with Crippen molar-refractivity contribution in [3.8, 4) is 0 Å². The lowest BCUT2D eigenvalue weighted by Gasteiger charge is -2.42. The highest BCUT2D eigenvalue weighted by atomic mass is 16.6. The van der Waals surface area contributed by atoms with Gasteiger partial charge in [0.05, 0.1) is 21.1 Å². The Bertz CT molecular complexity index is 411. The van der Waals surface area contributed by atoms with Crippen LogP contribution in [0.25, 0.3) is 0 Å². The van der Waals surface area contributed by atoms with Gasteiger partial charge < -0.3 is 14.0 Å². The second kappa shape index (κ2) is 8.27. The van der Waals surface area contributed by atoms with E-state index in [2.05, 4.69) is 13.8 Å². The summed E-state index contributed by atoms with van der Waals surface area (Å²) in [5.74, 6) is -0.809. The highest BCUT2D eigenvalue weighted by Gasteiger charge is 2.47. The second-order valence-electron chi connectivity index (χ2n) is 7.12. The monoisotopic (exact) mass is 316 g/mol. The van der Waals surface area contributed by atoms with Crippen molar-refractivity contribution in [2.45, 2.75) is 46.1 Å². The van der Waals surface area contributed by atoms with Crippen LogP contribution in [0.1, 0.15) is 40.5 Å². The molecular weight excluding hydrogens is 286 g/mol. The van der Waals surface area contributed by atoms with Crippen molar-refractivity contribution in [3.63, 3.8) is 0 Å². The standard InChI is InChI=1S/C16H30NO5/c1-12(2)11-16(4,17(5,6)7)15(20)22-9-8-21-14(19)10-13(3)18/h12H,8-11H2,1-7H3/q+1. The Morgan fingerprint density at radius 2 is 1.55 bits per heavy atom. The number of carbonyl (C=O) groups is 3. The van der Waals surface area contributed by atoms with E-state index in [0.29, 0.717) is 16.8 Å². The van der Waals surface area contributed by atoms with Gasteiger partial charge in [0.2, 0.25) is 0 Å². The summed E-state index contributed by atoms with van der Waals surface area (Å²) in [6, 6.07) is 0. The Kier molecular flexibility index (Phi) is 7.73. The summed E-state index contributed by atoms with van der Waals surface area (Å²) in [5, 5.41) is 0.